The van der Waals surface area contributed by atoms with Gasteiger partial charge in [-0.15, -0.1) is 0 Å². The van der Waals surface area contributed by atoms with Gasteiger partial charge in [0.05, 0.1) is 0 Å². The van der Waals surface area contributed by atoms with E-state index < -0.39 is 29.8 Å². The largest absolute Gasteiger partial charge is 0.480 e. The van der Waals surface area contributed by atoms with Gasteiger partial charge >= 0.3 is 18.2 Å². The Balaban J connectivity index is 1.21. The molecule has 2 N–H and O–H groups in total. The Labute approximate surface area is 204 Å². The van der Waals surface area contributed by atoms with Crippen LogP contribution < -0.4 is 5.32 Å². The number of ether oxygens (including phenoxy) is 2. The Morgan fingerprint density at radius 1 is 1.03 bits per heavy atom. The zero-order valence-electron chi connectivity index (χ0n) is 20.1. The number of nitrogens with zero attached hydrogens (tertiary/aromatic N) is 1. The highest BCUT2D eigenvalue weighted by atomic mass is 16.6. The van der Waals surface area contributed by atoms with Gasteiger partial charge in [-0.25, -0.2) is 14.4 Å². The summed E-state index contributed by atoms with van der Waals surface area (Å²) >= 11 is 0. The zero-order chi connectivity index (χ0) is 24.9. The van der Waals surface area contributed by atoms with Gasteiger partial charge in [0.2, 0.25) is 0 Å². The third-order valence-corrected chi connectivity index (χ3v) is 7.21. The van der Waals surface area contributed by atoms with Gasteiger partial charge < -0.3 is 19.9 Å². The molecule has 0 aromatic heterocycles. The molecule has 0 spiro atoms. The number of nitrogens with one attached hydrogen (secondary N) is 1. The first-order valence-electron chi connectivity index (χ1n) is 12.0. The van der Waals surface area contributed by atoms with Crippen molar-refractivity contribution < 1.29 is 29.0 Å². The molecule has 2 fully saturated rings. The zero-order valence-corrected chi connectivity index (χ0v) is 20.1. The Kier molecular flexibility index (Phi) is 5.69. The van der Waals surface area contributed by atoms with Crippen LogP contribution in [0.15, 0.2) is 48.5 Å². The number of piperidine rings is 1. The molecule has 0 unspecified atom stereocenters. The van der Waals surface area contributed by atoms with Gasteiger partial charge in [-0.05, 0) is 60.8 Å². The second kappa shape index (κ2) is 8.59. The molecular formula is C27H30N2O6. The summed E-state index contributed by atoms with van der Waals surface area (Å²) in [6, 6.07) is 15.2. The number of hydrogen-bond donors (Lipinski definition) is 2. The maximum Gasteiger partial charge on any atom is 0.410 e. The lowest BCUT2D eigenvalue weighted by Crippen LogP contribution is -2.46. The monoisotopic (exact) mass is 478 g/mol. The minimum absolute atomic E-state index is 0.00116. The van der Waals surface area contributed by atoms with Gasteiger partial charge in [0, 0.05) is 19.0 Å². The molecule has 1 saturated carbocycles. The average molecular weight is 479 g/mol. The Morgan fingerprint density at radius 3 is 2.20 bits per heavy atom. The van der Waals surface area contributed by atoms with E-state index in [0.717, 1.165) is 22.3 Å². The van der Waals surface area contributed by atoms with Crippen LogP contribution in [0.3, 0.4) is 0 Å². The van der Waals surface area contributed by atoms with E-state index in [1.807, 2.05) is 36.4 Å². The molecule has 1 saturated heterocycles. The number of carbonyl (C=O) groups is 3. The standard InChI is InChI=1S/C27H30N2O6/c1-27(2,3)35-25(32)28-12-19-20-13-29(23(22(19)20)24(30)31)26(33)34-14-21-17-10-6-4-8-15(17)16-9-5-7-11-18(16)21/h4-11,19-23H,12-14H2,1-3H3,(H,28,32)(H,30,31)/t19-,20-,22+,23+/m1/s1. The molecule has 2 amide bonds. The minimum atomic E-state index is -1.05. The van der Waals surface area contributed by atoms with Gasteiger partial charge in [-0.3, -0.25) is 4.90 Å². The summed E-state index contributed by atoms with van der Waals surface area (Å²) in [5.41, 5.74) is 3.88. The maximum atomic E-state index is 13.0. The summed E-state index contributed by atoms with van der Waals surface area (Å²) < 4.78 is 10.9. The number of benzene rings is 2. The van der Waals surface area contributed by atoms with Crippen LogP contribution in [0.1, 0.15) is 37.8 Å². The number of carboxylic acids is 1. The summed E-state index contributed by atoms with van der Waals surface area (Å²) in [4.78, 5) is 38.3. The van der Waals surface area contributed by atoms with Crippen LogP contribution in [-0.4, -0.2) is 59.5 Å². The first-order chi connectivity index (χ1) is 16.7. The number of amides is 2. The van der Waals surface area contributed by atoms with Gasteiger partial charge in [0.1, 0.15) is 18.2 Å². The third-order valence-electron chi connectivity index (χ3n) is 7.21. The second-order valence-corrected chi connectivity index (χ2v) is 10.5. The van der Waals surface area contributed by atoms with Gasteiger partial charge in [0.25, 0.3) is 0 Å². The number of rotatable bonds is 5. The second-order valence-electron chi connectivity index (χ2n) is 10.5. The lowest BCUT2D eigenvalue weighted by Gasteiger charge is -2.26. The maximum absolute atomic E-state index is 13.0. The first kappa shape index (κ1) is 23.2. The van der Waals surface area contributed by atoms with Crippen molar-refractivity contribution in [2.45, 2.75) is 38.3 Å². The Morgan fingerprint density at radius 2 is 1.63 bits per heavy atom. The SMILES string of the molecule is CC(C)(C)OC(=O)NC[C@@H]1[C@H]2CN(C(=O)OCC3c4ccccc4-c4ccccc43)[C@H](C(=O)O)[C@@H]12. The molecule has 184 valence electrons. The molecule has 8 nitrogen and oxygen atoms in total. The summed E-state index contributed by atoms with van der Waals surface area (Å²) in [7, 11) is 0. The summed E-state index contributed by atoms with van der Waals surface area (Å²) in [5.74, 6) is -1.32. The molecule has 1 aliphatic heterocycles. The fourth-order valence-corrected chi connectivity index (χ4v) is 5.71. The van der Waals surface area contributed by atoms with Crippen molar-refractivity contribution in [2.24, 2.45) is 17.8 Å². The predicted molar refractivity (Wildman–Crippen MR) is 128 cm³/mol. The minimum Gasteiger partial charge on any atom is -0.480 e. The molecule has 4 atom stereocenters. The van der Waals surface area contributed by atoms with E-state index in [1.165, 1.54) is 4.90 Å². The number of carbonyl (C=O) groups excluding carboxylic acids is 2. The molecule has 35 heavy (non-hydrogen) atoms. The van der Waals surface area contributed by atoms with Crippen LogP contribution in [0.2, 0.25) is 0 Å². The fourth-order valence-electron chi connectivity index (χ4n) is 5.71. The molecule has 0 bridgehead atoms. The van der Waals surface area contributed by atoms with E-state index in [1.54, 1.807) is 20.8 Å². The first-order valence-corrected chi connectivity index (χ1v) is 12.0. The van der Waals surface area contributed by atoms with Crippen molar-refractivity contribution in [3.8, 4) is 11.1 Å². The van der Waals surface area contributed by atoms with Crippen LogP contribution in [0, 0.1) is 17.8 Å². The van der Waals surface area contributed by atoms with Gasteiger partial charge in [-0.2, -0.15) is 0 Å². The number of hydrogen-bond acceptors (Lipinski definition) is 5. The highest BCUT2D eigenvalue weighted by Crippen LogP contribution is 2.55. The molecule has 1 heterocycles. The van der Waals surface area contributed by atoms with E-state index in [9.17, 15) is 19.5 Å². The molecule has 0 radical (unpaired) electrons. The number of alkyl carbamates (subject to hydrolysis) is 1. The van der Waals surface area contributed by atoms with Crippen LogP contribution >= 0.6 is 0 Å². The smallest absolute Gasteiger partial charge is 0.410 e. The number of carboxylic acid groups (broad SMARTS) is 1. The van der Waals surface area contributed by atoms with E-state index in [-0.39, 0.29) is 30.3 Å². The molecule has 5 rings (SSSR count). The van der Waals surface area contributed by atoms with Crippen molar-refractivity contribution in [1.29, 1.82) is 0 Å². The molecule has 8 heteroatoms. The topological polar surface area (TPSA) is 105 Å². The predicted octanol–water partition coefficient (Wildman–Crippen LogP) is 4.09. The average Bonchev–Trinajstić information content (AvgIpc) is 3.16. The fraction of sp³-hybridized carbons (Fsp3) is 0.444. The quantitative estimate of drug-likeness (QED) is 0.671. The molecule has 2 aromatic carbocycles. The van der Waals surface area contributed by atoms with Crippen molar-refractivity contribution >= 4 is 18.2 Å². The van der Waals surface area contributed by atoms with Crippen molar-refractivity contribution in [3.05, 3.63) is 59.7 Å². The van der Waals surface area contributed by atoms with E-state index >= 15 is 0 Å². The van der Waals surface area contributed by atoms with Crippen molar-refractivity contribution in [3.63, 3.8) is 0 Å². The highest BCUT2D eigenvalue weighted by molar-refractivity contribution is 5.83. The lowest BCUT2D eigenvalue weighted by molar-refractivity contribution is -0.142. The van der Waals surface area contributed by atoms with Gasteiger partial charge in [-0.1, -0.05) is 48.5 Å². The normalized spacial score (nSPS) is 24.3. The molecule has 3 aliphatic rings. The Bertz CT molecular complexity index is 1130. The van der Waals surface area contributed by atoms with Crippen LogP contribution in [-0.2, 0) is 14.3 Å². The number of fused-ring (bicyclic) bond motifs is 4. The summed E-state index contributed by atoms with van der Waals surface area (Å²) in [5, 5.41) is 12.6. The molecular weight excluding hydrogens is 448 g/mol. The highest BCUT2D eigenvalue weighted by Gasteiger charge is 2.65. The van der Waals surface area contributed by atoms with Crippen LogP contribution in [0.5, 0.6) is 0 Å². The van der Waals surface area contributed by atoms with Crippen molar-refractivity contribution in [1.82, 2.24) is 10.2 Å². The van der Waals surface area contributed by atoms with E-state index in [4.69, 9.17) is 9.47 Å². The van der Waals surface area contributed by atoms with Crippen molar-refractivity contribution in [2.75, 3.05) is 19.7 Å². The third kappa shape index (κ3) is 4.33. The molecule has 2 aromatic rings. The van der Waals surface area contributed by atoms with Gasteiger partial charge in [0.15, 0.2) is 0 Å². The van der Waals surface area contributed by atoms with E-state index in [0.29, 0.717) is 13.1 Å². The van der Waals surface area contributed by atoms with Crippen LogP contribution in [0.25, 0.3) is 11.1 Å². The number of aliphatic carboxylic acids is 1. The molecule has 2 aliphatic carbocycles. The Hall–Kier alpha value is -3.55. The summed E-state index contributed by atoms with van der Waals surface area (Å²) in [6.07, 6.45) is -1.13. The number of likely N-dealkylation sites (tertiary alicyclic amines) is 1. The lowest BCUT2D eigenvalue weighted by atomic mass is 9.98. The van der Waals surface area contributed by atoms with Crippen LogP contribution in [0.4, 0.5) is 9.59 Å². The van der Waals surface area contributed by atoms with E-state index in [2.05, 4.69) is 17.4 Å². The summed E-state index contributed by atoms with van der Waals surface area (Å²) in [6.45, 7) is 6.13.